The van der Waals surface area contributed by atoms with Gasteiger partial charge in [-0.3, -0.25) is 4.98 Å². The van der Waals surface area contributed by atoms with E-state index in [1.54, 1.807) is 12.4 Å². The number of rotatable bonds is 5. The molecule has 1 aromatic heterocycles. The highest BCUT2D eigenvalue weighted by Crippen LogP contribution is 2.34. The van der Waals surface area contributed by atoms with Crippen LogP contribution in [0.5, 0.6) is 0 Å². The summed E-state index contributed by atoms with van der Waals surface area (Å²) in [6.45, 7) is 0. The lowest BCUT2D eigenvalue weighted by atomic mass is 9.89. The average Bonchev–Trinajstić information content (AvgIpc) is 3.03. The van der Waals surface area contributed by atoms with E-state index >= 15 is 0 Å². The Labute approximate surface area is 153 Å². The number of nitrogens with zero attached hydrogens (tertiary/aromatic N) is 1. The molecule has 126 valence electrons. The molecule has 1 aliphatic carbocycles. The molecule has 1 aromatic carbocycles. The molecule has 0 unspecified atom stereocenters. The van der Waals surface area contributed by atoms with Crippen molar-refractivity contribution in [3.63, 3.8) is 0 Å². The minimum Gasteiger partial charge on any atom is -0.357 e. The number of hydrogen-bond donors (Lipinski definition) is 2. The van der Waals surface area contributed by atoms with Crippen LogP contribution in [0.4, 0.5) is 5.69 Å². The highest BCUT2D eigenvalue weighted by atomic mass is 35.5. The number of nitrogens with one attached hydrogen (secondary N) is 2. The first kappa shape index (κ1) is 17.2. The van der Waals surface area contributed by atoms with E-state index in [9.17, 15) is 0 Å². The number of halogens is 1. The quantitative estimate of drug-likeness (QED) is 0.739. The highest BCUT2D eigenvalue weighted by Gasteiger charge is 2.34. The third-order valence-corrected chi connectivity index (χ3v) is 5.28. The van der Waals surface area contributed by atoms with Crippen molar-refractivity contribution in [1.29, 1.82) is 0 Å². The first-order valence-electron chi connectivity index (χ1n) is 8.40. The van der Waals surface area contributed by atoms with Crippen LogP contribution in [-0.4, -0.2) is 15.6 Å². The molecule has 0 spiro atoms. The van der Waals surface area contributed by atoms with Crippen molar-refractivity contribution >= 4 is 34.6 Å². The highest BCUT2D eigenvalue weighted by molar-refractivity contribution is 7.80. The molecule has 3 nitrogen and oxygen atoms in total. The summed E-state index contributed by atoms with van der Waals surface area (Å²) < 4.78 is 0. The van der Waals surface area contributed by atoms with Gasteiger partial charge in [0.25, 0.3) is 0 Å². The van der Waals surface area contributed by atoms with Crippen LogP contribution in [-0.2, 0) is 6.42 Å². The smallest absolute Gasteiger partial charge is 0.171 e. The Morgan fingerprint density at radius 3 is 2.54 bits per heavy atom. The number of benzene rings is 1. The van der Waals surface area contributed by atoms with E-state index in [0.29, 0.717) is 5.11 Å². The Morgan fingerprint density at radius 1 is 1.12 bits per heavy atom. The number of thiocarbonyl (C=S) groups is 1. The molecule has 24 heavy (non-hydrogen) atoms. The molecule has 1 saturated carbocycles. The van der Waals surface area contributed by atoms with Crippen LogP contribution in [0.1, 0.15) is 37.7 Å². The van der Waals surface area contributed by atoms with Crippen LogP contribution >= 0.6 is 23.8 Å². The summed E-state index contributed by atoms with van der Waals surface area (Å²) in [5, 5.41) is 8.38. The van der Waals surface area contributed by atoms with Crippen LogP contribution in [0.3, 0.4) is 0 Å². The molecule has 2 aromatic rings. The second kappa shape index (κ2) is 7.95. The molecule has 1 aliphatic rings. The Morgan fingerprint density at radius 2 is 1.83 bits per heavy atom. The van der Waals surface area contributed by atoms with Crippen LogP contribution in [0.2, 0.25) is 5.02 Å². The van der Waals surface area contributed by atoms with Gasteiger partial charge in [0.1, 0.15) is 0 Å². The van der Waals surface area contributed by atoms with Crippen molar-refractivity contribution in [3.8, 4) is 0 Å². The lowest BCUT2D eigenvalue weighted by molar-refractivity contribution is 0.362. The monoisotopic (exact) mass is 359 g/mol. The zero-order chi connectivity index (χ0) is 16.8. The van der Waals surface area contributed by atoms with Crippen LogP contribution in [0, 0.1) is 0 Å². The second-order valence-corrected chi connectivity index (χ2v) is 7.21. The Bertz CT molecular complexity index is 684. The molecule has 0 saturated heterocycles. The third-order valence-electron chi connectivity index (χ3n) is 4.71. The summed E-state index contributed by atoms with van der Waals surface area (Å²) in [7, 11) is 0. The van der Waals surface area contributed by atoms with E-state index in [4.69, 9.17) is 23.8 Å². The van der Waals surface area contributed by atoms with E-state index in [1.807, 2.05) is 30.3 Å². The molecule has 0 atom stereocenters. The second-order valence-electron chi connectivity index (χ2n) is 6.39. The van der Waals surface area contributed by atoms with Crippen molar-refractivity contribution in [2.45, 2.75) is 44.1 Å². The summed E-state index contributed by atoms with van der Waals surface area (Å²) in [4.78, 5) is 4.02. The van der Waals surface area contributed by atoms with Crippen molar-refractivity contribution in [1.82, 2.24) is 10.3 Å². The number of aryl methyl sites for hydroxylation is 1. The lowest BCUT2D eigenvalue weighted by Gasteiger charge is -2.32. The van der Waals surface area contributed by atoms with Crippen molar-refractivity contribution in [2.24, 2.45) is 0 Å². The predicted molar refractivity (Wildman–Crippen MR) is 105 cm³/mol. The molecule has 0 aliphatic heterocycles. The first-order valence-corrected chi connectivity index (χ1v) is 9.18. The lowest BCUT2D eigenvalue weighted by Crippen LogP contribution is -2.48. The molecule has 3 rings (SSSR count). The van der Waals surface area contributed by atoms with Gasteiger partial charge >= 0.3 is 0 Å². The average molecular weight is 360 g/mol. The van der Waals surface area contributed by atoms with Crippen molar-refractivity contribution in [2.75, 3.05) is 5.32 Å². The first-order chi connectivity index (χ1) is 11.7. The summed E-state index contributed by atoms with van der Waals surface area (Å²) in [5.74, 6) is 0. The number of anilines is 1. The summed E-state index contributed by atoms with van der Waals surface area (Å²) in [5.41, 5.74) is 2.23. The molecule has 1 heterocycles. The van der Waals surface area contributed by atoms with Gasteiger partial charge in [-0.05, 0) is 61.7 Å². The van der Waals surface area contributed by atoms with Crippen LogP contribution in [0.15, 0.2) is 48.8 Å². The van der Waals surface area contributed by atoms with Gasteiger partial charge in [0.2, 0.25) is 0 Å². The van der Waals surface area contributed by atoms with Gasteiger partial charge in [-0.2, -0.15) is 0 Å². The van der Waals surface area contributed by atoms with Crippen molar-refractivity contribution in [3.05, 3.63) is 59.4 Å². The van der Waals surface area contributed by atoms with Crippen molar-refractivity contribution < 1.29 is 0 Å². The predicted octanol–water partition coefficient (Wildman–Crippen LogP) is 4.97. The van der Waals surface area contributed by atoms with E-state index in [1.165, 1.54) is 18.4 Å². The molecule has 0 amide bonds. The minimum atomic E-state index is 0.0658. The molecule has 5 heteroatoms. The largest absolute Gasteiger partial charge is 0.357 e. The van der Waals surface area contributed by atoms with Gasteiger partial charge in [-0.15, -0.1) is 0 Å². The van der Waals surface area contributed by atoms with E-state index in [0.717, 1.165) is 36.4 Å². The van der Waals surface area contributed by atoms with Gasteiger partial charge in [0, 0.05) is 28.6 Å². The maximum absolute atomic E-state index is 6.30. The van der Waals surface area contributed by atoms with Gasteiger partial charge in [-0.1, -0.05) is 42.6 Å². The maximum Gasteiger partial charge on any atom is 0.171 e. The summed E-state index contributed by atoms with van der Waals surface area (Å²) in [6, 6.07) is 11.9. The maximum atomic E-state index is 6.30. The summed E-state index contributed by atoms with van der Waals surface area (Å²) >= 11 is 11.8. The fourth-order valence-corrected chi connectivity index (χ4v) is 3.97. The van der Waals surface area contributed by atoms with E-state index in [-0.39, 0.29) is 5.54 Å². The SMILES string of the molecule is S=C(Nc1ccncc1)NC1(CCc2ccccc2Cl)CCCC1. The van der Waals surface area contributed by atoms with E-state index in [2.05, 4.69) is 21.7 Å². The minimum absolute atomic E-state index is 0.0658. The number of hydrogen-bond acceptors (Lipinski definition) is 2. The fourth-order valence-electron chi connectivity index (χ4n) is 3.40. The van der Waals surface area contributed by atoms with Crippen LogP contribution < -0.4 is 10.6 Å². The molecule has 0 radical (unpaired) electrons. The summed E-state index contributed by atoms with van der Waals surface area (Å²) in [6.07, 6.45) is 10.3. The Hall–Kier alpha value is -1.65. The molecular weight excluding hydrogens is 338 g/mol. The standard InChI is InChI=1S/C19H22ClN3S/c20-17-6-2-1-5-15(17)7-12-19(10-3-4-11-19)23-18(24)22-16-8-13-21-14-9-16/h1-2,5-6,8-9,13-14H,3-4,7,10-12H2,(H2,21,22,23,24). The topological polar surface area (TPSA) is 37.0 Å². The molecule has 1 fully saturated rings. The van der Waals surface area contributed by atoms with E-state index < -0.39 is 0 Å². The van der Waals surface area contributed by atoms with Gasteiger partial charge in [0.15, 0.2) is 5.11 Å². The molecule has 2 N–H and O–H groups in total. The zero-order valence-electron chi connectivity index (χ0n) is 13.6. The Kier molecular flexibility index (Phi) is 5.69. The zero-order valence-corrected chi connectivity index (χ0v) is 15.2. The Balaban J connectivity index is 1.63. The third kappa shape index (κ3) is 4.46. The fraction of sp³-hybridized carbons (Fsp3) is 0.368. The number of pyridine rings is 1. The normalized spacial score (nSPS) is 15.9. The molecular formula is C19H22ClN3S. The van der Waals surface area contributed by atoms with Gasteiger partial charge < -0.3 is 10.6 Å². The van der Waals surface area contributed by atoms with Gasteiger partial charge in [0.05, 0.1) is 0 Å². The van der Waals surface area contributed by atoms with Gasteiger partial charge in [-0.25, -0.2) is 0 Å². The number of aromatic nitrogens is 1. The van der Waals surface area contributed by atoms with Crippen LogP contribution in [0.25, 0.3) is 0 Å². The molecule has 0 bridgehead atoms.